The number of hydrogen-bond donors (Lipinski definition) is 0. The van der Waals surface area contributed by atoms with Gasteiger partial charge in [0.1, 0.15) is 5.75 Å². The molecule has 120 valence electrons. The van der Waals surface area contributed by atoms with Gasteiger partial charge in [0, 0.05) is 23.1 Å². The molecule has 0 aliphatic heterocycles. The van der Waals surface area contributed by atoms with Gasteiger partial charge in [-0.05, 0) is 17.7 Å². The van der Waals surface area contributed by atoms with E-state index in [9.17, 15) is 14.9 Å². The predicted molar refractivity (Wildman–Crippen MR) is 90.5 cm³/mol. The number of benzene rings is 2. The standard InChI is InChI=1S/C17H17NO4S/c1-13(23-12-14-5-3-2-4-6-14)11-17(19)22-16-9-7-15(8-10-16)18(20)21/h2-10,13H,11-12H2,1H3/t13-/m0/s1. The van der Waals surface area contributed by atoms with E-state index in [1.54, 1.807) is 11.8 Å². The van der Waals surface area contributed by atoms with Crippen molar-refractivity contribution in [3.8, 4) is 5.75 Å². The Balaban J connectivity index is 1.78. The normalized spacial score (nSPS) is 11.7. The van der Waals surface area contributed by atoms with Crippen LogP contribution in [0.25, 0.3) is 0 Å². The van der Waals surface area contributed by atoms with Gasteiger partial charge >= 0.3 is 5.97 Å². The first-order valence-corrected chi connectivity index (χ1v) is 8.20. The largest absolute Gasteiger partial charge is 0.426 e. The third kappa shape index (κ3) is 5.75. The summed E-state index contributed by atoms with van der Waals surface area (Å²) >= 11 is 1.68. The van der Waals surface area contributed by atoms with Gasteiger partial charge in [-0.15, -0.1) is 0 Å². The van der Waals surface area contributed by atoms with Crippen LogP contribution in [-0.2, 0) is 10.5 Å². The third-order valence-corrected chi connectivity index (χ3v) is 4.35. The SMILES string of the molecule is C[C@@H](CC(=O)Oc1ccc([N+](=O)[O-])cc1)SCc1ccccc1. The molecule has 0 aliphatic carbocycles. The highest BCUT2D eigenvalue weighted by Gasteiger charge is 2.13. The third-order valence-electron chi connectivity index (χ3n) is 3.11. The lowest BCUT2D eigenvalue weighted by atomic mass is 10.2. The van der Waals surface area contributed by atoms with E-state index >= 15 is 0 Å². The second kappa shape index (κ2) is 8.33. The summed E-state index contributed by atoms with van der Waals surface area (Å²) in [5, 5.41) is 10.7. The summed E-state index contributed by atoms with van der Waals surface area (Å²) < 4.78 is 5.20. The molecular formula is C17H17NO4S. The van der Waals surface area contributed by atoms with E-state index in [4.69, 9.17) is 4.74 Å². The summed E-state index contributed by atoms with van der Waals surface area (Å²) in [7, 11) is 0. The van der Waals surface area contributed by atoms with Crippen molar-refractivity contribution in [3.63, 3.8) is 0 Å². The molecule has 1 atom stereocenters. The second-order valence-corrected chi connectivity index (χ2v) is 6.46. The smallest absolute Gasteiger partial charge is 0.312 e. The van der Waals surface area contributed by atoms with Gasteiger partial charge in [0.2, 0.25) is 0 Å². The molecule has 2 aromatic rings. The van der Waals surface area contributed by atoms with Crippen LogP contribution in [0.4, 0.5) is 5.69 Å². The molecule has 5 nitrogen and oxygen atoms in total. The van der Waals surface area contributed by atoms with Crippen molar-refractivity contribution < 1.29 is 14.5 Å². The van der Waals surface area contributed by atoms with Gasteiger partial charge in [0.25, 0.3) is 5.69 Å². The maximum absolute atomic E-state index is 11.9. The average molecular weight is 331 g/mol. The zero-order chi connectivity index (χ0) is 16.7. The summed E-state index contributed by atoms with van der Waals surface area (Å²) in [6.45, 7) is 1.98. The number of ether oxygens (including phenoxy) is 1. The fourth-order valence-electron chi connectivity index (χ4n) is 1.92. The lowest BCUT2D eigenvalue weighted by Crippen LogP contribution is -2.13. The Morgan fingerprint density at radius 2 is 1.83 bits per heavy atom. The van der Waals surface area contributed by atoms with Gasteiger partial charge in [0.05, 0.1) is 11.3 Å². The lowest BCUT2D eigenvalue weighted by Gasteiger charge is -2.11. The molecule has 0 fully saturated rings. The predicted octanol–water partition coefficient (Wildman–Crippen LogP) is 4.21. The topological polar surface area (TPSA) is 69.4 Å². The van der Waals surface area contributed by atoms with Crippen LogP contribution in [0.3, 0.4) is 0 Å². The van der Waals surface area contributed by atoms with E-state index in [2.05, 4.69) is 12.1 Å². The molecule has 0 heterocycles. The van der Waals surface area contributed by atoms with Crippen LogP contribution >= 0.6 is 11.8 Å². The molecule has 0 spiro atoms. The molecule has 0 saturated carbocycles. The van der Waals surface area contributed by atoms with E-state index in [1.165, 1.54) is 29.8 Å². The van der Waals surface area contributed by atoms with Crippen molar-refractivity contribution in [2.24, 2.45) is 0 Å². The van der Waals surface area contributed by atoms with Crippen molar-refractivity contribution in [3.05, 3.63) is 70.3 Å². The summed E-state index contributed by atoms with van der Waals surface area (Å²) in [5.41, 5.74) is 1.18. The number of esters is 1. The molecule has 6 heteroatoms. The van der Waals surface area contributed by atoms with E-state index in [0.717, 1.165) is 5.75 Å². The first-order valence-electron chi connectivity index (χ1n) is 7.15. The summed E-state index contributed by atoms with van der Waals surface area (Å²) in [5.74, 6) is 0.820. The number of nitro groups is 1. The van der Waals surface area contributed by atoms with Crippen molar-refractivity contribution in [1.82, 2.24) is 0 Å². The van der Waals surface area contributed by atoms with Gasteiger partial charge < -0.3 is 4.74 Å². The number of non-ortho nitro benzene ring substituents is 1. The van der Waals surface area contributed by atoms with E-state index in [-0.39, 0.29) is 23.3 Å². The van der Waals surface area contributed by atoms with Crippen LogP contribution < -0.4 is 4.74 Å². The molecule has 0 aromatic heterocycles. The Morgan fingerprint density at radius 3 is 2.43 bits per heavy atom. The average Bonchev–Trinajstić information content (AvgIpc) is 2.54. The number of nitrogens with zero attached hydrogens (tertiary/aromatic N) is 1. The zero-order valence-electron chi connectivity index (χ0n) is 12.7. The van der Waals surface area contributed by atoms with E-state index < -0.39 is 4.92 Å². The van der Waals surface area contributed by atoms with Crippen molar-refractivity contribution in [2.45, 2.75) is 24.3 Å². The minimum Gasteiger partial charge on any atom is -0.426 e. The van der Waals surface area contributed by atoms with Gasteiger partial charge in [-0.25, -0.2) is 0 Å². The molecule has 0 amide bonds. The molecule has 0 aliphatic rings. The molecule has 0 N–H and O–H groups in total. The molecule has 0 radical (unpaired) electrons. The Labute approximate surface area is 138 Å². The lowest BCUT2D eigenvalue weighted by molar-refractivity contribution is -0.384. The Morgan fingerprint density at radius 1 is 1.17 bits per heavy atom. The van der Waals surface area contributed by atoms with Crippen LogP contribution in [0.15, 0.2) is 54.6 Å². The molecule has 2 rings (SSSR count). The molecule has 0 unspecified atom stereocenters. The monoisotopic (exact) mass is 331 g/mol. The molecule has 2 aromatic carbocycles. The Bertz CT molecular complexity index is 658. The quantitative estimate of drug-likeness (QED) is 0.329. The van der Waals surface area contributed by atoms with Gasteiger partial charge in [0.15, 0.2) is 0 Å². The van der Waals surface area contributed by atoms with Crippen LogP contribution in [0.2, 0.25) is 0 Å². The summed E-state index contributed by atoms with van der Waals surface area (Å²) in [6.07, 6.45) is 0.286. The minimum atomic E-state index is -0.492. The maximum atomic E-state index is 11.9. The van der Waals surface area contributed by atoms with Crippen molar-refractivity contribution in [2.75, 3.05) is 0 Å². The number of rotatable bonds is 7. The number of carbonyl (C=O) groups excluding carboxylic acids is 1. The Kier molecular flexibility index (Phi) is 6.17. The maximum Gasteiger partial charge on any atom is 0.312 e. The minimum absolute atomic E-state index is 0.0309. The summed E-state index contributed by atoms with van der Waals surface area (Å²) in [6, 6.07) is 15.5. The van der Waals surface area contributed by atoms with Gasteiger partial charge in [-0.2, -0.15) is 11.8 Å². The molecular weight excluding hydrogens is 314 g/mol. The highest BCUT2D eigenvalue weighted by Crippen LogP contribution is 2.22. The molecule has 23 heavy (non-hydrogen) atoms. The zero-order valence-corrected chi connectivity index (χ0v) is 13.5. The van der Waals surface area contributed by atoms with Gasteiger partial charge in [-0.3, -0.25) is 14.9 Å². The number of carbonyl (C=O) groups is 1. The first-order chi connectivity index (χ1) is 11.0. The highest BCUT2D eigenvalue weighted by molar-refractivity contribution is 7.99. The fraction of sp³-hybridized carbons (Fsp3) is 0.235. The van der Waals surface area contributed by atoms with Crippen LogP contribution in [0, 0.1) is 10.1 Å². The van der Waals surface area contributed by atoms with Crippen molar-refractivity contribution >= 4 is 23.4 Å². The van der Waals surface area contributed by atoms with Crippen LogP contribution in [0.5, 0.6) is 5.75 Å². The highest BCUT2D eigenvalue weighted by atomic mass is 32.2. The first kappa shape index (κ1) is 17.0. The second-order valence-electron chi connectivity index (χ2n) is 5.04. The van der Waals surface area contributed by atoms with Crippen molar-refractivity contribution in [1.29, 1.82) is 0 Å². The van der Waals surface area contributed by atoms with E-state index in [0.29, 0.717) is 5.75 Å². The van der Waals surface area contributed by atoms with Crippen LogP contribution in [-0.4, -0.2) is 16.1 Å². The summed E-state index contributed by atoms with van der Waals surface area (Å²) in [4.78, 5) is 22.0. The van der Waals surface area contributed by atoms with E-state index in [1.807, 2.05) is 25.1 Å². The molecule has 0 bridgehead atoms. The van der Waals surface area contributed by atoms with Crippen LogP contribution in [0.1, 0.15) is 18.9 Å². The van der Waals surface area contributed by atoms with Gasteiger partial charge in [-0.1, -0.05) is 37.3 Å². The fourth-order valence-corrected chi connectivity index (χ4v) is 2.84. The number of hydrogen-bond acceptors (Lipinski definition) is 5. The molecule has 0 saturated heterocycles. The Hall–Kier alpha value is -2.34. The number of nitro benzene ring substituents is 1. The number of thioether (sulfide) groups is 1.